The Balaban J connectivity index is 2.37. The maximum atomic E-state index is 5.56. The zero-order valence-corrected chi connectivity index (χ0v) is 10.7. The molecule has 0 heterocycles. The van der Waals surface area contributed by atoms with Crippen molar-refractivity contribution in [2.45, 2.75) is 40.3 Å². The van der Waals surface area contributed by atoms with E-state index in [1.807, 2.05) is 0 Å². The van der Waals surface area contributed by atoms with Gasteiger partial charge < -0.3 is 11.1 Å². The maximum Gasteiger partial charge on any atom is 0.0205 e. The van der Waals surface area contributed by atoms with Crippen molar-refractivity contribution in [1.82, 2.24) is 5.32 Å². The molecule has 0 atom stereocenters. The van der Waals surface area contributed by atoms with Gasteiger partial charge in [0.25, 0.3) is 0 Å². The van der Waals surface area contributed by atoms with Gasteiger partial charge in [-0.2, -0.15) is 0 Å². The lowest BCUT2D eigenvalue weighted by molar-refractivity contribution is 0.327. The zero-order valence-electron chi connectivity index (χ0n) is 10.7. The van der Waals surface area contributed by atoms with Crippen molar-refractivity contribution in [1.29, 1.82) is 0 Å². The summed E-state index contributed by atoms with van der Waals surface area (Å²) in [6, 6.07) is 8.49. The lowest BCUT2D eigenvalue weighted by Crippen LogP contribution is -2.28. The fourth-order valence-corrected chi connectivity index (χ4v) is 1.46. The van der Waals surface area contributed by atoms with Gasteiger partial charge in [0.05, 0.1) is 0 Å². The van der Waals surface area contributed by atoms with E-state index in [0.717, 1.165) is 13.1 Å². The Labute approximate surface area is 99.2 Å². The van der Waals surface area contributed by atoms with Crippen LogP contribution in [0.4, 0.5) is 0 Å². The van der Waals surface area contributed by atoms with E-state index in [-0.39, 0.29) is 0 Å². The van der Waals surface area contributed by atoms with Gasteiger partial charge in [-0.15, -0.1) is 0 Å². The van der Waals surface area contributed by atoms with E-state index in [9.17, 15) is 0 Å². The second-order valence-corrected chi connectivity index (χ2v) is 5.14. The molecule has 0 saturated heterocycles. The smallest absolute Gasteiger partial charge is 0.0205 e. The number of rotatable bonds is 6. The Hall–Kier alpha value is -0.860. The highest BCUT2D eigenvalue weighted by Crippen LogP contribution is 2.17. The van der Waals surface area contributed by atoms with E-state index < -0.39 is 0 Å². The maximum absolute atomic E-state index is 5.56. The number of hydrogen-bond donors (Lipinski definition) is 2. The molecule has 0 radical (unpaired) electrons. The van der Waals surface area contributed by atoms with E-state index in [4.69, 9.17) is 5.73 Å². The van der Waals surface area contributed by atoms with Gasteiger partial charge in [0, 0.05) is 19.6 Å². The number of benzene rings is 1. The highest BCUT2D eigenvalue weighted by molar-refractivity contribution is 5.22. The van der Waals surface area contributed by atoms with Crippen LogP contribution in [0.3, 0.4) is 0 Å². The Morgan fingerprint density at radius 3 is 2.19 bits per heavy atom. The third-order valence-corrected chi connectivity index (χ3v) is 3.15. The molecule has 16 heavy (non-hydrogen) atoms. The quantitative estimate of drug-likeness (QED) is 0.773. The van der Waals surface area contributed by atoms with Crippen LogP contribution in [0, 0.1) is 5.41 Å². The van der Waals surface area contributed by atoms with Crippen LogP contribution in [0.2, 0.25) is 0 Å². The molecule has 0 aromatic heterocycles. The van der Waals surface area contributed by atoms with E-state index >= 15 is 0 Å². The van der Waals surface area contributed by atoms with Crippen molar-refractivity contribution in [2.24, 2.45) is 11.1 Å². The molecule has 3 N–H and O–H groups in total. The molecule has 0 fully saturated rings. The summed E-state index contributed by atoms with van der Waals surface area (Å²) in [5, 5.41) is 3.50. The van der Waals surface area contributed by atoms with E-state index in [1.165, 1.54) is 17.5 Å². The van der Waals surface area contributed by atoms with E-state index in [2.05, 4.69) is 50.4 Å². The molecule has 0 aliphatic heterocycles. The molecule has 90 valence electrons. The Morgan fingerprint density at radius 2 is 1.69 bits per heavy atom. The van der Waals surface area contributed by atoms with E-state index in [1.54, 1.807) is 0 Å². The fourth-order valence-electron chi connectivity index (χ4n) is 1.46. The van der Waals surface area contributed by atoms with Gasteiger partial charge in [0.2, 0.25) is 0 Å². The molecule has 0 spiro atoms. The average Bonchev–Trinajstić information content (AvgIpc) is 2.30. The molecule has 1 aromatic carbocycles. The molecule has 0 amide bonds. The molecule has 2 nitrogen and oxygen atoms in total. The van der Waals surface area contributed by atoms with Crippen LogP contribution >= 0.6 is 0 Å². The minimum absolute atomic E-state index is 0.386. The van der Waals surface area contributed by atoms with Crippen molar-refractivity contribution in [3.63, 3.8) is 0 Å². The fraction of sp³-hybridized carbons (Fsp3) is 0.571. The van der Waals surface area contributed by atoms with Gasteiger partial charge in [0.15, 0.2) is 0 Å². The third-order valence-electron chi connectivity index (χ3n) is 3.15. The highest BCUT2D eigenvalue weighted by atomic mass is 14.9. The summed E-state index contributed by atoms with van der Waals surface area (Å²) < 4.78 is 0. The molecule has 2 heteroatoms. The van der Waals surface area contributed by atoms with Crippen molar-refractivity contribution in [2.75, 3.05) is 6.54 Å². The lowest BCUT2D eigenvalue weighted by atomic mass is 9.90. The zero-order chi connectivity index (χ0) is 12.0. The second kappa shape index (κ2) is 6.02. The first-order valence-corrected chi connectivity index (χ1v) is 6.06. The van der Waals surface area contributed by atoms with Gasteiger partial charge in [0.1, 0.15) is 0 Å². The minimum Gasteiger partial charge on any atom is -0.326 e. The van der Waals surface area contributed by atoms with Gasteiger partial charge in [-0.25, -0.2) is 0 Å². The number of nitrogens with one attached hydrogen (secondary N) is 1. The first kappa shape index (κ1) is 13.2. The molecule has 0 bridgehead atoms. The summed E-state index contributed by atoms with van der Waals surface area (Å²) in [7, 11) is 0. The summed E-state index contributed by atoms with van der Waals surface area (Å²) in [6.45, 7) is 9.43. The molecular weight excluding hydrogens is 196 g/mol. The van der Waals surface area contributed by atoms with Crippen LogP contribution < -0.4 is 11.1 Å². The van der Waals surface area contributed by atoms with Crippen LogP contribution in [-0.4, -0.2) is 6.54 Å². The predicted octanol–water partition coefficient (Wildman–Crippen LogP) is 2.67. The molecule has 1 rings (SSSR count). The summed E-state index contributed by atoms with van der Waals surface area (Å²) in [5.74, 6) is 0. The minimum atomic E-state index is 0.386. The molecule has 0 aliphatic rings. The van der Waals surface area contributed by atoms with Gasteiger partial charge in [-0.05, 0) is 23.0 Å². The second-order valence-electron chi connectivity index (χ2n) is 5.14. The first-order chi connectivity index (χ1) is 7.57. The van der Waals surface area contributed by atoms with Gasteiger partial charge in [-0.1, -0.05) is 45.0 Å². The Kier molecular flexibility index (Phi) is 4.97. The van der Waals surface area contributed by atoms with Crippen LogP contribution in [0.5, 0.6) is 0 Å². The predicted molar refractivity (Wildman–Crippen MR) is 70.1 cm³/mol. The van der Waals surface area contributed by atoms with Crippen LogP contribution in [0.15, 0.2) is 24.3 Å². The molecule has 0 saturated carbocycles. The topological polar surface area (TPSA) is 38.0 Å². The molecule has 1 aromatic rings. The summed E-state index contributed by atoms with van der Waals surface area (Å²) in [4.78, 5) is 0. The van der Waals surface area contributed by atoms with Crippen molar-refractivity contribution in [3.05, 3.63) is 35.4 Å². The average molecular weight is 220 g/mol. The number of nitrogens with two attached hydrogens (primary N) is 1. The normalized spacial score (nSPS) is 11.8. The third kappa shape index (κ3) is 4.33. The largest absolute Gasteiger partial charge is 0.326 e. The molecule has 0 unspecified atom stereocenters. The van der Waals surface area contributed by atoms with E-state index in [0.29, 0.717) is 12.0 Å². The Morgan fingerprint density at radius 1 is 1.12 bits per heavy atom. The van der Waals surface area contributed by atoms with Gasteiger partial charge >= 0.3 is 0 Å². The van der Waals surface area contributed by atoms with Crippen molar-refractivity contribution >= 4 is 0 Å². The lowest BCUT2D eigenvalue weighted by Gasteiger charge is -2.23. The SMILES string of the molecule is CCC(C)(C)CNCc1ccc(CN)cc1. The summed E-state index contributed by atoms with van der Waals surface area (Å²) in [6.07, 6.45) is 1.20. The first-order valence-electron chi connectivity index (χ1n) is 6.06. The van der Waals surface area contributed by atoms with Crippen LogP contribution in [0.1, 0.15) is 38.3 Å². The summed E-state index contributed by atoms with van der Waals surface area (Å²) >= 11 is 0. The Bertz CT molecular complexity index is 301. The molecule has 0 aliphatic carbocycles. The van der Waals surface area contributed by atoms with Gasteiger partial charge in [-0.3, -0.25) is 0 Å². The van der Waals surface area contributed by atoms with Crippen molar-refractivity contribution in [3.8, 4) is 0 Å². The molecular formula is C14H24N2. The number of hydrogen-bond acceptors (Lipinski definition) is 2. The van der Waals surface area contributed by atoms with Crippen LogP contribution in [-0.2, 0) is 13.1 Å². The monoisotopic (exact) mass is 220 g/mol. The highest BCUT2D eigenvalue weighted by Gasteiger charge is 2.13. The standard InChI is InChI=1S/C14H24N2/c1-4-14(2,3)11-16-10-13-7-5-12(9-15)6-8-13/h5-8,16H,4,9-11,15H2,1-3H3. The van der Waals surface area contributed by atoms with Crippen molar-refractivity contribution < 1.29 is 0 Å². The summed E-state index contributed by atoms with van der Waals surface area (Å²) in [5.41, 5.74) is 8.46. The van der Waals surface area contributed by atoms with Crippen LogP contribution in [0.25, 0.3) is 0 Å².